The van der Waals surface area contributed by atoms with Crippen LogP contribution in [-0.2, 0) is 0 Å². The predicted molar refractivity (Wildman–Crippen MR) is 73.7 cm³/mol. The molecule has 2 aromatic rings. The second-order valence-electron chi connectivity index (χ2n) is 3.90. The summed E-state index contributed by atoms with van der Waals surface area (Å²) in [5, 5.41) is 3.36. The van der Waals surface area contributed by atoms with Crippen molar-refractivity contribution in [3.63, 3.8) is 0 Å². The molecule has 94 valence electrons. The first-order valence-corrected chi connectivity index (χ1v) is 6.38. The zero-order chi connectivity index (χ0) is 12.8. The number of rotatable bonds is 5. The van der Waals surface area contributed by atoms with Gasteiger partial charge < -0.3 is 5.32 Å². The van der Waals surface area contributed by atoms with Crippen LogP contribution in [0.15, 0.2) is 30.3 Å². The highest BCUT2D eigenvalue weighted by Crippen LogP contribution is 2.17. The zero-order valence-electron chi connectivity index (χ0n) is 10.2. The first-order valence-electron chi connectivity index (χ1n) is 6.00. The summed E-state index contributed by atoms with van der Waals surface area (Å²) < 4.78 is 0. The lowest BCUT2D eigenvalue weighted by Crippen LogP contribution is -2.07. The van der Waals surface area contributed by atoms with E-state index in [1.54, 1.807) is 0 Å². The molecule has 5 heteroatoms. The van der Waals surface area contributed by atoms with Crippen LogP contribution < -0.4 is 5.32 Å². The SMILES string of the molecule is CCCCNc1nc(Cl)nc(-c2ccccc2)n1. The van der Waals surface area contributed by atoms with E-state index in [1.165, 1.54) is 0 Å². The molecule has 1 aromatic heterocycles. The topological polar surface area (TPSA) is 50.7 Å². The summed E-state index contributed by atoms with van der Waals surface area (Å²) in [6.45, 7) is 2.97. The molecule has 0 bridgehead atoms. The van der Waals surface area contributed by atoms with Gasteiger partial charge in [0.1, 0.15) is 0 Å². The van der Waals surface area contributed by atoms with E-state index in [1.807, 2.05) is 30.3 Å². The number of nitrogens with one attached hydrogen (secondary N) is 1. The molecule has 0 saturated heterocycles. The van der Waals surface area contributed by atoms with Gasteiger partial charge in [0, 0.05) is 12.1 Å². The predicted octanol–water partition coefficient (Wildman–Crippen LogP) is 3.40. The van der Waals surface area contributed by atoms with E-state index in [9.17, 15) is 0 Å². The number of anilines is 1. The summed E-state index contributed by atoms with van der Waals surface area (Å²) in [5.74, 6) is 1.12. The summed E-state index contributed by atoms with van der Waals surface area (Å²) in [5.41, 5.74) is 0.931. The van der Waals surface area contributed by atoms with E-state index in [2.05, 4.69) is 27.2 Å². The third-order valence-electron chi connectivity index (χ3n) is 2.45. The molecular weight excluding hydrogens is 248 g/mol. The van der Waals surface area contributed by atoms with E-state index in [0.29, 0.717) is 11.8 Å². The number of unbranched alkanes of at least 4 members (excludes halogenated alkanes) is 1. The lowest BCUT2D eigenvalue weighted by atomic mass is 10.2. The largest absolute Gasteiger partial charge is 0.354 e. The maximum atomic E-state index is 5.91. The molecule has 0 aliphatic carbocycles. The molecule has 0 atom stereocenters. The van der Waals surface area contributed by atoms with Crippen LogP contribution in [0.4, 0.5) is 5.95 Å². The molecule has 0 aliphatic rings. The Balaban J connectivity index is 2.21. The molecule has 1 heterocycles. The van der Waals surface area contributed by atoms with Crippen molar-refractivity contribution >= 4 is 17.5 Å². The highest BCUT2D eigenvalue weighted by atomic mass is 35.5. The van der Waals surface area contributed by atoms with Crippen molar-refractivity contribution in [2.75, 3.05) is 11.9 Å². The molecule has 18 heavy (non-hydrogen) atoms. The fourth-order valence-electron chi connectivity index (χ4n) is 1.52. The molecule has 0 saturated carbocycles. The molecular formula is C13H15ClN4. The molecule has 0 amide bonds. The van der Waals surface area contributed by atoms with Crippen LogP contribution in [0.1, 0.15) is 19.8 Å². The van der Waals surface area contributed by atoms with E-state index in [0.717, 1.165) is 24.9 Å². The number of benzene rings is 1. The summed E-state index contributed by atoms with van der Waals surface area (Å²) in [4.78, 5) is 12.6. The minimum atomic E-state index is 0.211. The van der Waals surface area contributed by atoms with Crippen molar-refractivity contribution in [1.82, 2.24) is 15.0 Å². The quantitative estimate of drug-likeness (QED) is 0.839. The Labute approximate surface area is 111 Å². The molecule has 0 unspecified atom stereocenters. The smallest absolute Gasteiger partial charge is 0.227 e. The Morgan fingerprint density at radius 3 is 2.61 bits per heavy atom. The summed E-state index contributed by atoms with van der Waals surface area (Å²) in [6.07, 6.45) is 2.20. The van der Waals surface area contributed by atoms with Crippen LogP contribution >= 0.6 is 11.6 Å². The van der Waals surface area contributed by atoms with Crippen LogP contribution in [-0.4, -0.2) is 21.5 Å². The summed E-state index contributed by atoms with van der Waals surface area (Å²) in [6, 6.07) is 9.73. The molecule has 1 aromatic carbocycles. The Hall–Kier alpha value is -1.68. The van der Waals surface area contributed by atoms with Crippen LogP contribution in [0, 0.1) is 0 Å². The Morgan fingerprint density at radius 1 is 1.11 bits per heavy atom. The van der Waals surface area contributed by atoms with Gasteiger partial charge in [-0.25, -0.2) is 0 Å². The first kappa shape index (κ1) is 12.8. The van der Waals surface area contributed by atoms with Crippen LogP contribution in [0.2, 0.25) is 5.28 Å². The summed E-state index contributed by atoms with van der Waals surface area (Å²) in [7, 11) is 0. The van der Waals surface area contributed by atoms with Gasteiger partial charge in [-0.2, -0.15) is 15.0 Å². The first-order chi connectivity index (χ1) is 8.79. The van der Waals surface area contributed by atoms with E-state index in [4.69, 9.17) is 11.6 Å². The maximum Gasteiger partial charge on any atom is 0.227 e. The molecule has 0 aliphatic heterocycles. The van der Waals surface area contributed by atoms with Gasteiger partial charge in [0.05, 0.1) is 0 Å². The van der Waals surface area contributed by atoms with Crippen LogP contribution in [0.25, 0.3) is 11.4 Å². The minimum absolute atomic E-state index is 0.211. The van der Waals surface area contributed by atoms with Crippen molar-refractivity contribution in [2.45, 2.75) is 19.8 Å². The summed E-state index contributed by atoms with van der Waals surface area (Å²) >= 11 is 5.91. The van der Waals surface area contributed by atoms with Gasteiger partial charge in [-0.15, -0.1) is 0 Å². The maximum absolute atomic E-state index is 5.91. The van der Waals surface area contributed by atoms with Crippen molar-refractivity contribution in [3.8, 4) is 11.4 Å². The van der Waals surface area contributed by atoms with Crippen molar-refractivity contribution in [3.05, 3.63) is 35.6 Å². The molecule has 0 spiro atoms. The lowest BCUT2D eigenvalue weighted by molar-refractivity contribution is 0.824. The number of halogens is 1. The van der Waals surface area contributed by atoms with Crippen molar-refractivity contribution in [2.24, 2.45) is 0 Å². The number of hydrogen-bond acceptors (Lipinski definition) is 4. The van der Waals surface area contributed by atoms with E-state index >= 15 is 0 Å². The molecule has 0 fully saturated rings. The fraction of sp³-hybridized carbons (Fsp3) is 0.308. The zero-order valence-corrected chi connectivity index (χ0v) is 11.0. The lowest BCUT2D eigenvalue weighted by Gasteiger charge is -2.06. The standard InChI is InChI=1S/C13H15ClN4/c1-2-3-9-15-13-17-11(16-12(14)18-13)10-7-5-4-6-8-10/h4-8H,2-3,9H2,1H3,(H,15,16,17,18). The minimum Gasteiger partial charge on any atom is -0.354 e. The van der Waals surface area contributed by atoms with Gasteiger partial charge in [-0.3, -0.25) is 0 Å². The second-order valence-corrected chi connectivity index (χ2v) is 4.24. The van der Waals surface area contributed by atoms with Gasteiger partial charge in [-0.1, -0.05) is 43.7 Å². The average molecular weight is 263 g/mol. The van der Waals surface area contributed by atoms with Gasteiger partial charge in [0.25, 0.3) is 0 Å². The van der Waals surface area contributed by atoms with Crippen LogP contribution in [0.5, 0.6) is 0 Å². The second kappa shape index (κ2) is 6.31. The van der Waals surface area contributed by atoms with Gasteiger partial charge in [0.2, 0.25) is 11.2 Å². The Morgan fingerprint density at radius 2 is 1.89 bits per heavy atom. The van der Waals surface area contributed by atoms with Gasteiger partial charge >= 0.3 is 0 Å². The monoisotopic (exact) mass is 262 g/mol. The molecule has 0 radical (unpaired) electrons. The number of nitrogens with zero attached hydrogens (tertiary/aromatic N) is 3. The number of aromatic nitrogens is 3. The van der Waals surface area contributed by atoms with Gasteiger partial charge in [0.15, 0.2) is 5.82 Å². The molecule has 1 N–H and O–H groups in total. The van der Waals surface area contributed by atoms with Gasteiger partial charge in [-0.05, 0) is 18.0 Å². The van der Waals surface area contributed by atoms with Crippen LogP contribution in [0.3, 0.4) is 0 Å². The fourth-order valence-corrected chi connectivity index (χ4v) is 1.68. The van der Waals surface area contributed by atoms with E-state index in [-0.39, 0.29) is 5.28 Å². The average Bonchev–Trinajstić information content (AvgIpc) is 2.39. The van der Waals surface area contributed by atoms with Crippen molar-refractivity contribution in [1.29, 1.82) is 0 Å². The Bertz CT molecular complexity index is 502. The molecule has 2 rings (SSSR count). The normalized spacial score (nSPS) is 10.3. The third-order valence-corrected chi connectivity index (χ3v) is 2.62. The van der Waals surface area contributed by atoms with E-state index < -0.39 is 0 Å². The molecule has 4 nitrogen and oxygen atoms in total. The number of hydrogen-bond donors (Lipinski definition) is 1. The highest BCUT2D eigenvalue weighted by Gasteiger charge is 2.06. The van der Waals surface area contributed by atoms with Crippen molar-refractivity contribution < 1.29 is 0 Å². The highest BCUT2D eigenvalue weighted by molar-refractivity contribution is 6.28. The Kier molecular flexibility index (Phi) is 4.47. The third kappa shape index (κ3) is 3.40.